The smallest absolute Gasteiger partial charge is 0.133 e. The molecule has 0 aliphatic rings. The summed E-state index contributed by atoms with van der Waals surface area (Å²) in [5.74, 6) is 1.54. The van der Waals surface area contributed by atoms with Gasteiger partial charge in [0.05, 0.1) is 6.10 Å². The third-order valence-corrected chi connectivity index (χ3v) is 4.55. The fourth-order valence-corrected chi connectivity index (χ4v) is 2.93. The number of aliphatic hydroxyl groups is 1. The Morgan fingerprint density at radius 1 is 1.08 bits per heavy atom. The van der Waals surface area contributed by atoms with Crippen molar-refractivity contribution in [1.29, 1.82) is 0 Å². The van der Waals surface area contributed by atoms with Crippen LogP contribution in [0, 0.1) is 0 Å². The molecule has 3 rings (SSSR count). The first-order chi connectivity index (χ1) is 12.7. The van der Waals surface area contributed by atoms with Gasteiger partial charge in [0, 0.05) is 23.0 Å². The standard InChI is InChI=1S/C22H22ClNO2/c1-2-20(25)9-6-18-15-24-13-12-22(18)26-21-10-7-16(8-11-21)17-4-3-5-19(23)14-17/h3-5,7-8,10-15,20,25H,2,6,9H2,1H3. The predicted octanol–water partition coefficient (Wildman–Crippen LogP) is 5.90. The molecule has 1 aromatic heterocycles. The van der Waals surface area contributed by atoms with Crippen molar-refractivity contribution in [3.05, 3.63) is 77.6 Å². The molecule has 0 aliphatic heterocycles. The van der Waals surface area contributed by atoms with Gasteiger partial charge in [-0.05, 0) is 60.7 Å². The molecular formula is C22H22ClNO2. The molecule has 1 N–H and O–H groups in total. The summed E-state index contributed by atoms with van der Waals surface area (Å²) in [5.41, 5.74) is 3.15. The number of nitrogens with zero attached hydrogens (tertiary/aromatic N) is 1. The second kappa shape index (κ2) is 8.84. The molecule has 26 heavy (non-hydrogen) atoms. The summed E-state index contributed by atoms with van der Waals surface area (Å²) in [4.78, 5) is 4.18. The minimum absolute atomic E-state index is 0.292. The highest BCUT2D eigenvalue weighted by molar-refractivity contribution is 6.30. The first kappa shape index (κ1) is 18.4. The Bertz CT molecular complexity index is 849. The van der Waals surface area contributed by atoms with E-state index >= 15 is 0 Å². The van der Waals surface area contributed by atoms with E-state index in [1.165, 1.54) is 0 Å². The van der Waals surface area contributed by atoms with Crippen LogP contribution >= 0.6 is 11.6 Å². The number of aryl methyl sites for hydroxylation is 1. The summed E-state index contributed by atoms with van der Waals surface area (Å²) in [7, 11) is 0. The van der Waals surface area contributed by atoms with E-state index in [0.29, 0.717) is 6.42 Å². The van der Waals surface area contributed by atoms with E-state index in [2.05, 4.69) is 4.98 Å². The first-order valence-corrected chi connectivity index (χ1v) is 9.18. The van der Waals surface area contributed by atoms with Crippen LogP contribution in [-0.2, 0) is 6.42 Å². The molecule has 1 heterocycles. The Morgan fingerprint density at radius 3 is 2.62 bits per heavy atom. The first-order valence-electron chi connectivity index (χ1n) is 8.80. The second-order valence-electron chi connectivity index (χ2n) is 6.22. The van der Waals surface area contributed by atoms with E-state index < -0.39 is 0 Å². The predicted molar refractivity (Wildman–Crippen MR) is 106 cm³/mol. The quantitative estimate of drug-likeness (QED) is 0.565. The maximum atomic E-state index is 9.79. The van der Waals surface area contributed by atoms with Crippen LogP contribution in [0.15, 0.2) is 67.0 Å². The molecule has 1 atom stereocenters. The minimum Gasteiger partial charge on any atom is -0.457 e. The molecule has 0 aliphatic carbocycles. The highest BCUT2D eigenvalue weighted by Crippen LogP contribution is 2.29. The summed E-state index contributed by atoms with van der Waals surface area (Å²) in [5, 5.41) is 10.5. The number of ether oxygens (including phenoxy) is 1. The monoisotopic (exact) mass is 367 g/mol. The van der Waals surface area contributed by atoms with Gasteiger partial charge in [-0.15, -0.1) is 0 Å². The summed E-state index contributed by atoms with van der Waals surface area (Å²) in [6.45, 7) is 1.98. The van der Waals surface area contributed by atoms with Gasteiger partial charge in [0.2, 0.25) is 0 Å². The Kier molecular flexibility index (Phi) is 6.26. The molecule has 0 fully saturated rings. The third kappa shape index (κ3) is 4.84. The van der Waals surface area contributed by atoms with Crippen molar-refractivity contribution in [1.82, 2.24) is 4.98 Å². The molecule has 0 saturated heterocycles. The molecule has 0 saturated carbocycles. The molecule has 1 unspecified atom stereocenters. The van der Waals surface area contributed by atoms with Crippen molar-refractivity contribution < 1.29 is 9.84 Å². The fourth-order valence-electron chi connectivity index (χ4n) is 2.74. The Morgan fingerprint density at radius 2 is 1.88 bits per heavy atom. The van der Waals surface area contributed by atoms with Crippen LogP contribution in [0.2, 0.25) is 5.02 Å². The highest BCUT2D eigenvalue weighted by atomic mass is 35.5. The number of aromatic nitrogens is 1. The number of hydrogen-bond acceptors (Lipinski definition) is 3. The lowest BCUT2D eigenvalue weighted by atomic mass is 10.1. The Balaban J connectivity index is 1.73. The number of aliphatic hydroxyl groups excluding tert-OH is 1. The topological polar surface area (TPSA) is 42.4 Å². The van der Waals surface area contributed by atoms with Crippen molar-refractivity contribution in [2.24, 2.45) is 0 Å². The fraction of sp³-hybridized carbons (Fsp3) is 0.227. The molecule has 134 valence electrons. The van der Waals surface area contributed by atoms with Crippen molar-refractivity contribution in [3.63, 3.8) is 0 Å². The zero-order valence-electron chi connectivity index (χ0n) is 14.7. The van der Waals surface area contributed by atoms with Gasteiger partial charge in [0.1, 0.15) is 11.5 Å². The minimum atomic E-state index is -0.292. The molecule has 2 aromatic carbocycles. The average Bonchev–Trinajstić information content (AvgIpc) is 2.67. The zero-order chi connectivity index (χ0) is 18.4. The van der Waals surface area contributed by atoms with Crippen molar-refractivity contribution in [2.45, 2.75) is 32.3 Å². The summed E-state index contributed by atoms with van der Waals surface area (Å²) in [6, 6.07) is 17.6. The molecule has 3 nitrogen and oxygen atoms in total. The third-order valence-electron chi connectivity index (χ3n) is 4.32. The van der Waals surface area contributed by atoms with Gasteiger partial charge in [0.15, 0.2) is 0 Å². The molecule has 0 radical (unpaired) electrons. The zero-order valence-corrected chi connectivity index (χ0v) is 15.5. The molecule has 3 aromatic rings. The van der Waals surface area contributed by atoms with Gasteiger partial charge in [0.25, 0.3) is 0 Å². The maximum Gasteiger partial charge on any atom is 0.133 e. The van der Waals surface area contributed by atoms with Gasteiger partial charge in [-0.2, -0.15) is 0 Å². The van der Waals surface area contributed by atoms with Crippen LogP contribution in [-0.4, -0.2) is 16.2 Å². The van der Waals surface area contributed by atoms with Gasteiger partial charge in [-0.25, -0.2) is 0 Å². The SMILES string of the molecule is CCC(O)CCc1cnccc1Oc1ccc(-c2cccc(Cl)c2)cc1. The summed E-state index contributed by atoms with van der Waals surface area (Å²) >= 11 is 6.06. The van der Waals surface area contributed by atoms with Crippen molar-refractivity contribution in [2.75, 3.05) is 0 Å². The van der Waals surface area contributed by atoms with E-state index in [-0.39, 0.29) is 6.10 Å². The van der Waals surface area contributed by atoms with E-state index in [1.54, 1.807) is 12.4 Å². The van der Waals surface area contributed by atoms with Crippen LogP contribution in [0.5, 0.6) is 11.5 Å². The van der Waals surface area contributed by atoms with Crippen molar-refractivity contribution >= 4 is 11.6 Å². The van der Waals surface area contributed by atoms with Gasteiger partial charge in [-0.1, -0.05) is 42.8 Å². The van der Waals surface area contributed by atoms with E-state index in [4.69, 9.17) is 16.3 Å². The average molecular weight is 368 g/mol. The largest absolute Gasteiger partial charge is 0.457 e. The molecule has 0 spiro atoms. The Labute approximate surface area is 159 Å². The number of halogens is 1. The van der Waals surface area contributed by atoms with Crippen LogP contribution in [0.25, 0.3) is 11.1 Å². The van der Waals surface area contributed by atoms with Crippen molar-refractivity contribution in [3.8, 4) is 22.6 Å². The number of hydrogen-bond donors (Lipinski definition) is 1. The number of pyridine rings is 1. The molecular weight excluding hydrogens is 346 g/mol. The van der Waals surface area contributed by atoms with Crippen LogP contribution < -0.4 is 4.74 Å². The van der Waals surface area contributed by atoms with Crippen LogP contribution in [0.3, 0.4) is 0 Å². The lowest BCUT2D eigenvalue weighted by molar-refractivity contribution is 0.160. The van der Waals surface area contributed by atoms with Gasteiger partial charge < -0.3 is 9.84 Å². The number of benzene rings is 2. The van der Waals surface area contributed by atoms with E-state index in [9.17, 15) is 5.11 Å². The summed E-state index contributed by atoms with van der Waals surface area (Å²) < 4.78 is 6.04. The van der Waals surface area contributed by atoms with Gasteiger partial charge in [-0.3, -0.25) is 4.98 Å². The molecule has 4 heteroatoms. The second-order valence-corrected chi connectivity index (χ2v) is 6.66. The van der Waals surface area contributed by atoms with Crippen LogP contribution in [0.1, 0.15) is 25.3 Å². The van der Waals surface area contributed by atoms with E-state index in [1.807, 2.05) is 61.5 Å². The number of rotatable bonds is 7. The highest BCUT2D eigenvalue weighted by Gasteiger charge is 2.08. The van der Waals surface area contributed by atoms with E-state index in [0.717, 1.165) is 46.1 Å². The lowest BCUT2D eigenvalue weighted by Crippen LogP contribution is -2.06. The van der Waals surface area contributed by atoms with Gasteiger partial charge >= 0.3 is 0 Å². The molecule has 0 amide bonds. The lowest BCUT2D eigenvalue weighted by Gasteiger charge is -2.13. The van der Waals surface area contributed by atoms with Crippen LogP contribution in [0.4, 0.5) is 0 Å². The normalized spacial score (nSPS) is 12.0. The molecule has 0 bridgehead atoms. The maximum absolute atomic E-state index is 9.79. The summed E-state index contributed by atoms with van der Waals surface area (Å²) in [6.07, 6.45) is 5.42. The Hall–Kier alpha value is -2.36.